The van der Waals surface area contributed by atoms with Gasteiger partial charge in [-0.2, -0.15) is 0 Å². The van der Waals surface area contributed by atoms with E-state index < -0.39 is 0 Å². The lowest BCUT2D eigenvalue weighted by Crippen LogP contribution is -2.48. The Morgan fingerprint density at radius 2 is 2.25 bits per heavy atom. The number of fused-ring (bicyclic) bond motifs is 1. The van der Waals surface area contributed by atoms with Crippen molar-refractivity contribution in [2.24, 2.45) is 5.73 Å². The quantitative estimate of drug-likeness (QED) is 0.807. The van der Waals surface area contributed by atoms with Crippen LogP contribution in [0, 0.1) is 6.92 Å². The van der Waals surface area contributed by atoms with Crippen LogP contribution < -0.4 is 5.73 Å². The molecule has 1 heterocycles. The van der Waals surface area contributed by atoms with Gasteiger partial charge < -0.3 is 10.7 Å². The number of imidazole rings is 1. The Hall–Kier alpha value is -1.35. The molecule has 0 spiro atoms. The Labute approximate surface area is 95.1 Å². The molecule has 1 aliphatic carbocycles. The van der Waals surface area contributed by atoms with Gasteiger partial charge in [0.05, 0.1) is 11.0 Å². The van der Waals surface area contributed by atoms with Crippen LogP contribution in [0.2, 0.25) is 0 Å². The van der Waals surface area contributed by atoms with E-state index in [1.807, 2.05) is 0 Å². The molecule has 0 radical (unpaired) electrons. The standard InChI is InChI=1S/C13H17N3/c1-9-3-4-10-11(7-9)16-12(15-10)8-13(14)5-2-6-13/h3-4,7H,2,5-6,8,14H2,1H3,(H,15,16). The minimum Gasteiger partial charge on any atom is -0.342 e. The number of aryl methyl sites for hydroxylation is 1. The molecule has 1 aromatic heterocycles. The summed E-state index contributed by atoms with van der Waals surface area (Å²) in [4.78, 5) is 7.95. The van der Waals surface area contributed by atoms with Crippen LogP contribution in [0.25, 0.3) is 11.0 Å². The van der Waals surface area contributed by atoms with Crippen LogP contribution in [0.4, 0.5) is 0 Å². The van der Waals surface area contributed by atoms with Crippen LogP contribution in [-0.4, -0.2) is 15.5 Å². The van der Waals surface area contributed by atoms with E-state index in [1.165, 1.54) is 12.0 Å². The second-order valence-electron chi connectivity index (χ2n) is 5.10. The average Bonchev–Trinajstić information content (AvgIpc) is 2.56. The first-order valence-electron chi connectivity index (χ1n) is 5.89. The van der Waals surface area contributed by atoms with Crippen molar-refractivity contribution in [1.82, 2.24) is 9.97 Å². The van der Waals surface area contributed by atoms with Crippen molar-refractivity contribution in [1.29, 1.82) is 0 Å². The molecule has 3 N–H and O–H groups in total. The number of nitrogens with zero attached hydrogens (tertiary/aromatic N) is 1. The number of aromatic nitrogens is 2. The van der Waals surface area contributed by atoms with Crippen molar-refractivity contribution in [2.75, 3.05) is 0 Å². The van der Waals surface area contributed by atoms with Crippen LogP contribution >= 0.6 is 0 Å². The van der Waals surface area contributed by atoms with E-state index in [1.54, 1.807) is 0 Å². The fourth-order valence-corrected chi connectivity index (χ4v) is 2.40. The number of nitrogens with one attached hydrogen (secondary N) is 1. The molecule has 0 atom stereocenters. The van der Waals surface area contributed by atoms with Gasteiger partial charge in [-0.1, -0.05) is 6.07 Å². The number of hydrogen-bond donors (Lipinski definition) is 2. The van der Waals surface area contributed by atoms with Crippen LogP contribution in [0.1, 0.15) is 30.7 Å². The molecule has 0 saturated heterocycles. The Kier molecular flexibility index (Phi) is 2.04. The topological polar surface area (TPSA) is 54.7 Å². The maximum Gasteiger partial charge on any atom is 0.109 e. The summed E-state index contributed by atoms with van der Waals surface area (Å²) in [6, 6.07) is 6.29. The highest BCUT2D eigenvalue weighted by Crippen LogP contribution is 2.32. The second-order valence-corrected chi connectivity index (χ2v) is 5.10. The van der Waals surface area contributed by atoms with Gasteiger partial charge in [-0.3, -0.25) is 0 Å². The maximum atomic E-state index is 6.23. The largest absolute Gasteiger partial charge is 0.342 e. The van der Waals surface area contributed by atoms with E-state index in [-0.39, 0.29) is 5.54 Å². The Balaban J connectivity index is 1.93. The average molecular weight is 215 g/mol. The molecule has 2 aromatic rings. The SMILES string of the molecule is Cc1ccc2nc(CC3(N)CCC3)[nH]c2c1. The van der Waals surface area contributed by atoms with Crippen molar-refractivity contribution in [3.05, 3.63) is 29.6 Å². The smallest absolute Gasteiger partial charge is 0.109 e. The highest BCUT2D eigenvalue weighted by Gasteiger charge is 2.33. The maximum absolute atomic E-state index is 6.23. The minimum absolute atomic E-state index is 0.00290. The zero-order chi connectivity index (χ0) is 11.2. The molecule has 0 amide bonds. The number of hydrogen-bond acceptors (Lipinski definition) is 2. The van der Waals surface area contributed by atoms with Gasteiger partial charge in [0.25, 0.3) is 0 Å². The van der Waals surface area contributed by atoms with Crippen LogP contribution in [0.3, 0.4) is 0 Å². The summed E-state index contributed by atoms with van der Waals surface area (Å²) in [6.07, 6.45) is 4.39. The van der Waals surface area contributed by atoms with Gasteiger partial charge in [0, 0.05) is 12.0 Å². The third kappa shape index (κ3) is 1.61. The van der Waals surface area contributed by atoms with Crippen molar-refractivity contribution in [3.8, 4) is 0 Å². The molecule has 3 heteroatoms. The zero-order valence-electron chi connectivity index (χ0n) is 9.59. The number of benzene rings is 1. The number of aromatic amines is 1. The van der Waals surface area contributed by atoms with Gasteiger partial charge in [0.15, 0.2) is 0 Å². The van der Waals surface area contributed by atoms with Gasteiger partial charge >= 0.3 is 0 Å². The summed E-state index contributed by atoms with van der Waals surface area (Å²) in [5, 5.41) is 0. The Bertz CT molecular complexity index is 523. The van der Waals surface area contributed by atoms with E-state index in [4.69, 9.17) is 5.73 Å². The van der Waals surface area contributed by atoms with E-state index >= 15 is 0 Å². The highest BCUT2D eigenvalue weighted by atomic mass is 14.9. The van der Waals surface area contributed by atoms with E-state index in [9.17, 15) is 0 Å². The fourth-order valence-electron chi connectivity index (χ4n) is 2.40. The molecule has 3 rings (SSSR count). The lowest BCUT2D eigenvalue weighted by molar-refractivity contribution is 0.244. The van der Waals surface area contributed by atoms with Gasteiger partial charge in [-0.15, -0.1) is 0 Å². The van der Waals surface area contributed by atoms with Gasteiger partial charge in [0.2, 0.25) is 0 Å². The molecule has 0 aliphatic heterocycles. The molecule has 1 aliphatic rings. The minimum atomic E-state index is 0.00290. The zero-order valence-corrected chi connectivity index (χ0v) is 9.59. The van der Waals surface area contributed by atoms with Gasteiger partial charge in [-0.25, -0.2) is 4.98 Å². The van der Waals surface area contributed by atoms with Crippen LogP contribution in [-0.2, 0) is 6.42 Å². The third-order valence-electron chi connectivity index (χ3n) is 3.56. The lowest BCUT2D eigenvalue weighted by atomic mass is 9.75. The van der Waals surface area contributed by atoms with E-state index in [0.29, 0.717) is 0 Å². The molecule has 1 saturated carbocycles. The molecular formula is C13H17N3. The summed E-state index contributed by atoms with van der Waals surface area (Å²) < 4.78 is 0. The summed E-state index contributed by atoms with van der Waals surface area (Å²) in [5.74, 6) is 1.03. The molecule has 1 aromatic carbocycles. The first-order valence-corrected chi connectivity index (χ1v) is 5.89. The monoisotopic (exact) mass is 215 g/mol. The summed E-state index contributed by atoms with van der Waals surface area (Å²) in [6.45, 7) is 2.09. The Morgan fingerprint density at radius 1 is 1.44 bits per heavy atom. The second kappa shape index (κ2) is 3.32. The van der Waals surface area contributed by atoms with Crippen molar-refractivity contribution >= 4 is 11.0 Å². The first kappa shape index (κ1) is 9.85. The molecule has 84 valence electrons. The van der Waals surface area contributed by atoms with Crippen molar-refractivity contribution in [3.63, 3.8) is 0 Å². The molecule has 3 nitrogen and oxygen atoms in total. The number of H-pyrrole nitrogens is 1. The molecule has 1 fully saturated rings. The van der Waals surface area contributed by atoms with E-state index in [0.717, 1.165) is 36.1 Å². The number of rotatable bonds is 2. The first-order chi connectivity index (χ1) is 7.65. The third-order valence-corrected chi connectivity index (χ3v) is 3.56. The molecular weight excluding hydrogens is 198 g/mol. The van der Waals surface area contributed by atoms with Crippen LogP contribution in [0.15, 0.2) is 18.2 Å². The fraction of sp³-hybridized carbons (Fsp3) is 0.462. The summed E-state index contributed by atoms with van der Waals surface area (Å²) >= 11 is 0. The van der Waals surface area contributed by atoms with Crippen molar-refractivity contribution < 1.29 is 0 Å². The van der Waals surface area contributed by atoms with Gasteiger partial charge in [-0.05, 0) is 43.9 Å². The predicted molar refractivity (Wildman–Crippen MR) is 65.3 cm³/mol. The molecule has 0 unspecified atom stereocenters. The molecule has 0 bridgehead atoms. The lowest BCUT2D eigenvalue weighted by Gasteiger charge is -2.37. The highest BCUT2D eigenvalue weighted by molar-refractivity contribution is 5.75. The Morgan fingerprint density at radius 3 is 2.94 bits per heavy atom. The summed E-state index contributed by atoms with van der Waals surface area (Å²) in [7, 11) is 0. The van der Waals surface area contributed by atoms with Crippen LogP contribution in [0.5, 0.6) is 0 Å². The molecule has 16 heavy (non-hydrogen) atoms. The van der Waals surface area contributed by atoms with E-state index in [2.05, 4.69) is 35.1 Å². The predicted octanol–water partition coefficient (Wildman–Crippen LogP) is 2.30. The number of nitrogens with two attached hydrogens (primary N) is 1. The summed E-state index contributed by atoms with van der Waals surface area (Å²) in [5.41, 5.74) is 9.66. The normalized spacial score (nSPS) is 18.6. The van der Waals surface area contributed by atoms with Gasteiger partial charge in [0.1, 0.15) is 5.82 Å². The van der Waals surface area contributed by atoms with Crippen molar-refractivity contribution in [2.45, 2.75) is 38.1 Å².